The molecule has 7 heteroatoms. The third-order valence-electron chi connectivity index (χ3n) is 4.31. The Hall–Kier alpha value is -2.57. The minimum Gasteiger partial charge on any atom is -0.497 e. The maximum absolute atomic E-state index is 12.4. The molecule has 1 saturated heterocycles. The number of carbonyl (C=O) groups is 3. The number of nitrogens with zero attached hydrogens (tertiary/aromatic N) is 1. The molecule has 0 aromatic heterocycles. The van der Waals surface area contributed by atoms with Crippen LogP contribution in [0.4, 0.5) is 5.69 Å². The van der Waals surface area contributed by atoms with Crippen LogP contribution in [0, 0.1) is 12.8 Å². The number of methoxy groups -OCH3 is 1. The summed E-state index contributed by atoms with van der Waals surface area (Å²) in [6, 6.07) is 5.21. The summed E-state index contributed by atoms with van der Waals surface area (Å²) in [5, 5.41) is 5.41. The molecule has 1 aliphatic rings. The minimum atomic E-state index is -0.690. The van der Waals surface area contributed by atoms with E-state index in [0.29, 0.717) is 30.9 Å². The molecule has 0 aliphatic carbocycles. The number of hydrogen-bond donors (Lipinski definition) is 2. The Balaban J connectivity index is 1.99. The Morgan fingerprint density at radius 3 is 2.72 bits per heavy atom. The average molecular weight is 347 g/mol. The van der Waals surface area contributed by atoms with Gasteiger partial charge in [0.2, 0.25) is 5.91 Å². The molecule has 2 N–H and O–H groups in total. The summed E-state index contributed by atoms with van der Waals surface area (Å²) in [7, 11) is 1.57. The fraction of sp³-hybridized carbons (Fsp3) is 0.500. The Labute approximate surface area is 147 Å². The molecule has 1 atom stereocenters. The molecule has 0 radical (unpaired) electrons. The highest BCUT2D eigenvalue weighted by Crippen LogP contribution is 2.22. The Morgan fingerprint density at radius 1 is 1.32 bits per heavy atom. The lowest BCUT2D eigenvalue weighted by Gasteiger charge is -2.31. The van der Waals surface area contributed by atoms with Crippen molar-refractivity contribution < 1.29 is 19.1 Å². The van der Waals surface area contributed by atoms with Crippen LogP contribution in [0.5, 0.6) is 5.75 Å². The molecule has 1 aromatic rings. The predicted molar refractivity (Wildman–Crippen MR) is 94.3 cm³/mol. The lowest BCUT2D eigenvalue weighted by atomic mass is 9.97. The van der Waals surface area contributed by atoms with Crippen molar-refractivity contribution in [1.29, 1.82) is 0 Å². The molecule has 0 bridgehead atoms. The van der Waals surface area contributed by atoms with E-state index >= 15 is 0 Å². The number of benzene rings is 1. The van der Waals surface area contributed by atoms with E-state index in [4.69, 9.17) is 4.74 Å². The molecule has 3 amide bonds. The third-order valence-corrected chi connectivity index (χ3v) is 4.31. The van der Waals surface area contributed by atoms with Crippen molar-refractivity contribution in [2.24, 2.45) is 5.92 Å². The Bertz CT molecular complexity index is 660. The highest BCUT2D eigenvalue weighted by Gasteiger charge is 2.31. The standard InChI is InChI=1S/C18H25N3O4/c1-4-19-16(22)13-6-5-9-21(11-13)18(24)17(23)20-15-8-7-14(25-3)10-12(15)2/h7-8,10,13H,4-6,9,11H2,1-3H3,(H,19,22)(H,20,23)/t13-/m1/s1. The molecule has 0 saturated carbocycles. The molecule has 25 heavy (non-hydrogen) atoms. The fourth-order valence-electron chi connectivity index (χ4n) is 2.92. The summed E-state index contributed by atoms with van der Waals surface area (Å²) < 4.78 is 5.13. The molecular weight excluding hydrogens is 322 g/mol. The Kier molecular flexibility index (Phi) is 6.38. The van der Waals surface area contributed by atoms with Gasteiger partial charge in [0.25, 0.3) is 0 Å². The van der Waals surface area contributed by atoms with Crippen molar-refractivity contribution in [3.05, 3.63) is 23.8 Å². The molecule has 7 nitrogen and oxygen atoms in total. The van der Waals surface area contributed by atoms with Gasteiger partial charge in [0.05, 0.1) is 13.0 Å². The summed E-state index contributed by atoms with van der Waals surface area (Å²) in [5.41, 5.74) is 1.37. The van der Waals surface area contributed by atoms with Gasteiger partial charge >= 0.3 is 11.8 Å². The zero-order chi connectivity index (χ0) is 18.4. The average Bonchev–Trinajstić information content (AvgIpc) is 2.63. The van der Waals surface area contributed by atoms with Gasteiger partial charge in [-0.25, -0.2) is 0 Å². The van der Waals surface area contributed by atoms with Gasteiger partial charge in [-0.3, -0.25) is 14.4 Å². The van der Waals surface area contributed by atoms with Crippen LogP contribution in [0.25, 0.3) is 0 Å². The smallest absolute Gasteiger partial charge is 0.313 e. The molecule has 136 valence electrons. The summed E-state index contributed by atoms with van der Waals surface area (Å²) >= 11 is 0. The number of amides is 3. The second kappa shape index (κ2) is 8.50. The number of rotatable bonds is 4. The molecule has 1 aromatic carbocycles. The molecule has 2 rings (SSSR count). The van der Waals surface area contributed by atoms with Crippen molar-refractivity contribution in [3.8, 4) is 5.75 Å². The summed E-state index contributed by atoms with van der Waals surface area (Å²) in [5.74, 6) is -0.934. The minimum absolute atomic E-state index is 0.0635. The zero-order valence-electron chi connectivity index (χ0n) is 14.9. The zero-order valence-corrected chi connectivity index (χ0v) is 14.9. The van der Waals surface area contributed by atoms with Crippen LogP contribution in [0.15, 0.2) is 18.2 Å². The van der Waals surface area contributed by atoms with Crippen molar-refractivity contribution in [2.75, 3.05) is 32.1 Å². The van der Waals surface area contributed by atoms with Crippen LogP contribution in [0.2, 0.25) is 0 Å². The number of piperidine rings is 1. The Morgan fingerprint density at radius 2 is 2.08 bits per heavy atom. The van der Waals surface area contributed by atoms with E-state index in [9.17, 15) is 14.4 Å². The van der Waals surface area contributed by atoms with Gasteiger partial charge in [0.1, 0.15) is 5.75 Å². The van der Waals surface area contributed by atoms with Crippen LogP contribution in [-0.2, 0) is 14.4 Å². The first-order valence-electron chi connectivity index (χ1n) is 8.48. The summed E-state index contributed by atoms with van der Waals surface area (Å²) in [6.07, 6.45) is 1.44. The van der Waals surface area contributed by atoms with Crippen molar-refractivity contribution in [1.82, 2.24) is 10.2 Å². The fourth-order valence-corrected chi connectivity index (χ4v) is 2.92. The number of ether oxygens (including phenoxy) is 1. The van der Waals surface area contributed by atoms with Gasteiger partial charge in [0.15, 0.2) is 0 Å². The largest absolute Gasteiger partial charge is 0.497 e. The van der Waals surface area contributed by atoms with E-state index < -0.39 is 11.8 Å². The van der Waals surface area contributed by atoms with Gasteiger partial charge < -0.3 is 20.3 Å². The first kappa shape index (κ1) is 18.8. The van der Waals surface area contributed by atoms with E-state index in [0.717, 1.165) is 12.0 Å². The number of hydrogen-bond acceptors (Lipinski definition) is 4. The van der Waals surface area contributed by atoms with Crippen molar-refractivity contribution in [2.45, 2.75) is 26.7 Å². The highest BCUT2D eigenvalue weighted by molar-refractivity contribution is 6.39. The lowest BCUT2D eigenvalue weighted by molar-refractivity contribution is -0.145. The normalized spacial score (nSPS) is 16.9. The molecule has 1 fully saturated rings. The van der Waals surface area contributed by atoms with Gasteiger partial charge in [-0.1, -0.05) is 0 Å². The maximum atomic E-state index is 12.4. The lowest BCUT2D eigenvalue weighted by Crippen LogP contribution is -2.48. The summed E-state index contributed by atoms with van der Waals surface area (Å²) in [6.45, 7) is 5.01. The molecular formula is C18H25N3O4. The van der Waals surface area contributed by atoms with Crippen LogP contribution in [-0.4, -0.2) is 49.4 Å². The second-order valence-corrected chi connectivity index (χ2v) is 6.12. The van der Waals surface area contributed by atoms with Gasteiger partial charge in [-0.05, 0) is 50.5 Å². The van der Waals surface area contributed by atoms with Crippen LogP contribution >= 0.6 is 0 Å². The van der Waals surface area contributed by atoms with Crippen LogP contribution < -0.4 is 15.4 Å². The van der Waals surface area contributed by atoms with E-state index in [-0.39, 0.29) is 18.4 Å². The van der Waals surface area contributed by atoms with E-state index in [1.165, 1.54) is 4.90 Å². The number of anilines is 1. The van der Waals surface area contributed by atoms with Crippen molar-refractivity contribution >= 4 is 23.4 Å². The molecule has 0 unspecified atom stereocenters. The topological polar surface area (TPSA) is 87.7 Å². The molecule has 1 heterocycles. The maximum Gasteiger partial charge on any atom is 0.313 e. The number of nitrogens with one attached hydrogen (secondary N) is 2. The number of likely N-dealkylation sites (tertiary alicyclic amines) is 1. The predicted octanol–water partition coefficient (Wildman–Crippen LogP) is 1.32. The second-order valence-electron chi connectivity index (χ2n) is 6.12. The summed E-state index contributed by atoms with van der Waals surface area (Å²) in [4.78, 5) is 38.1. The number of carbonyl (C=O) groups excluding carboxylic acids is 3. The monoisotopic (exact) mass is 347 g/mol. The van der Waals surface area contributed by atoms with Gasteiger partial charge in [-0.15, -0.1) is 0 Å². The van der Waals surface area contributed by atoms with E-state index in [2.05, 4.69) is 10.6 Å². The van der Waals surface area contributed by atoms with Crippen LogP contribution in [0.3, 0.4) is 0 Å². The van der Waals surface area contributed by atoms with E-state index in [1.807, 2.05) is 13.8 Å². The van der Waals surface area contributed by atoms with Gasteiger partial charge in [-0.2, -0.15) is 0 Å². The van der Waals surface area contributed by atoms with E-state index in [1.54, 1.807) is 25.3 Å². The first-order valence-corrected chi connectivity index (χ1v) is 8.48. The number of aryl methyl sites for hydroxylation is 1. The molecule has 1 aliphatic heterocycles. The SMILES string of the molecule is CCNC(=O)[C@@H]1CCCN(C(=O)C(=O)Nc2ccc(OC)cc2C)C1. The first-order chi connectivity index (χ1) is 12.0. The molecule has 0 spiro atoms. The quantitative estimate of drug-likeness (QED) is 0.804. The highest BCUT2D eigenvalue weighted by atomic mass is 16.5. The van der Waals surface area contributed by atoms with Gasteiger partial charge in [0, 0.05) is 25.3 Å². The van der Waals surface area contributed by atoms with Crippen molar-refractivity contribution in [3.63, 3.8) is 0 Å². The third kappa shape index (κ3) is 4.71. The van der Waals surface area contributed by atoms with Crippen LogP contribution in [0.1, 0.15) is 25.3 Å².